The van der Waals surface area contributed by atoms with Crippen LogP contribution < -0.4 is 16.4 Å². The summed E-state index contributed by atoms with van der Waals surface area (Å²) in [6, 6.07) is 5.88. The molecular formula is C17H19N5O6. The van der Waals surface area contributed by atoms with Crippen LogP contribution in [0.15, 0.2) is 30.3 Å². The maximum Gasteiger partial charge on any atom is 0.412 e. The van der Waals surface area contributed by atoms with Crippen molar-refractivity contribution in [3.63, 3.8) is 0 Å². The predicted octanol–water partition coefficient (Wildman–Crippen LogP) is 2.53. The van der Waals surface area contributed by atoms with Gasteiger partial charge in [-0.3, -0.25) is 20.2 Å². The summed E-state index contributed by atoms with van der Waals surface area (Å²) >= 11 is 0. The van der Waals surface area contributed by atoms with Crippen LogP contribution in [0.3, 0.4) is 0 Å². The van der Waals surface area contributed by atoms with E-state index in [-0.39, 0.29) is 29.6 Å². The van der Waals surface area contributed by atoms with Gasteiger partial charge in [0.25, 0.3) is 0 Å². The van der Waals surface area contributed by atoms with Crippen molar-refractivity contribution in [1.29, 1.82) is 0 Å². The van der Waals surface area contributed by atoms with Crippen molar-refractivity contribution in [2.45, 2.75) is 19.9 Å². The molecule has 0 aliphatic rings. The largest absolute Gasteiger partial charge is 0.508 e. The average molecular weight is 389 g/mol. The van der Waals surface area contributed by atoms with Gasteiger partial charge in [-0.05, 0) is 38.1 Å². The zero-order valence-corrected chi connectivity index (χ0v) is 15.1. The molecule has 11 nitrogen and oxygen atoms in total. The maximum absolute atomic E-state index is 12.5. The number of nitrogens with zero attached hydrogens (tertiary/aromatic N) is 2. The standard InChI is InChI=1S/C17H19N5O6/c1-3-28-17(25)21-13-8-12(14(22(26)27)16(18)20-13)19-9(2)15(24)10-4-6-11(23)7-5-10/h4-9,23H,3H2,1-2H3,(H4,18,19,20,21,25)/t9-/m1/s1. The van der Waals surface area contributed by atoms with E-state index in [1.807, 2.05) is 0 Å². The third kappa shape index (κ3) is 4.84. The van der Waals surface area contributed by atoms with Gasteiger partial charge in [0, 0.05) is 11.6 Å². The number of ether oxygens (including phenoxy) is 1. The number of pyridine rings is 1. The summed E-state index contributed by atoms with van der Waals surface area (Å²) in [6.45, 7) is 3.24. The highest BCUT2D eigenvalue weighted by molar-refractivity contribution is 6.02. The number of rotatable bonds is 7. The third-order valence-electron chi connectivity index (χ3n) is 3.62. The fraction of sp³-hybridized carbons (Fsp3) is 0.235. The molecule has 5 N–H and O–H groups in total. The number of nitrogen functional groups attached to an aromatic ring is 1. The first-order chi connectivity index (χ1) is 13.2. The molecule has 0 radical (unpaired) electrons. The fourth-order valence-corrected chi connectivity index (χ4v) is 2.37. The molecule has 2 rings (SSSR count). The second kappa shape index (κ2) is 8.66. The molecule has 1 aromatic heterocycles. The Morgan fingerprint density at radius 3 is 2.57 bits per heavy atom. The van der Waals surface area contributed by atoms with Crippen LogP contribution in [0.2, 0.25) is 0 Å². The molecule has 0 saturated carbocycles. The van der Waals surface area contributed by atoms with Gasteiger partial charge in [-0.2, -0.15) is 0 Å². The Morgan fingerprint density at radius 2 is 2.00 bits per heavy atom. The number of nitrogens with two attached hydrogens (primary N) is 1. The van der Waals surface area contributed by atoms with Gasteiger partial charge in [-0.15, -0.1) is 0 Å². The number of anilines is 3. The van der Waals surface area contributed by atoms with Gasteiger partial charge in [-0.25, -0.2) is 9.78 Å². The van der Waals surface area contributed by atoms with Gasteiger partial charge in [0.15, 0.2) is 5.78 Å². The minimum atomic E-state index is -0.875. The number of Topliss-reactive ketones (excluding diaryl/α,β-unsaturated/α-hetero) is 1. The van der Waals surface area contributed by atoms with Crippen molar-refractivity contribution in [1.82, 2.24) is 4.98 Å². The number of nitrogens with one attached hydrogen (secondary N) is 2. The van der Waals surface area contributed by atoms with Gasteiger partial charge in [0.2, 0.25) is 5.82 Å². The molecule has 0 spiro atoms. The molecule has 148 valence electrons. The van der Waals surface area contributed by atoms with Crippen LogP contribution in [0.25, 0.3) is 0 Å². The molecule has 0 unspecified atom stereocenters. The molecule has 11 heteroatoms. The van der Waals surface area contributed by atoms with E-state index in [1.165, 1.54) is 37.3 Å². The summed E-state index contributed by atoms with van der Waals surface area (Å²) in [6.07, 6.45) is -0.803. The number of aromatic hydroxyl groups is 1. The van der Waals surface area contributed by atoms with Crippen LogP contribution >= 0.6 is 0 Å². The van der Waals surface area contributed by atoms with Crippen LogP contribution in [-0.2, 0) is 4.74 Å². The Hall–Kier alpha value is -3.89. The van der Waals surface area contributed by atoms with Crippen molar-refractivity contribution in [3.05, 3.63) is 46.0 Å². The number of benzene rings is 1. The summed E-state index contributed by atoms with van der Waals surface area (Å²) in [5.41, 5.74) is 5.33. The van der Waals surface area contributed by atoms with Crippen molar-refractivity contribution in [2.24, 2.45) is 0 Å². The summed E-state index contributed by atoms with van der Waals surface area (Å²) in [4.78, 5) is 38.5. The van der Waals surface area contributed by atoms with Crippen LogP contribution in [0.5, 0.6) is 5.75 Å². The number of carbonyl (C=O) groups excluding carboxylic acids is 2. The van der Waals surface area contributed by atoms with E-state index in [9.17, 15) is 24.8 Å². The molecule has 1 heterocycles. The second-order valence-electron chi connectivity index (χ2n) is 5.67. The number of phenols is 1. The van der Waals surface area contributed by atoms with E-state index in [0.717, 1.165) is 0 Å². The van der Waals surface area contributed by atoms with Gasteiger partial charge in [0.05, 0.1) is 17.6 Å². The zero-order valence-electron chi connectivity index (χ0n) is 15.1. The Kier molecular flexibility index (Phi) is 6.32. The van der Waals surface area contributed by atoms with E-state index in [4.69, 9.17) is 10.5 Å². The number of nitro groups is 1. The highest BCUT2D eigenvalue weighted by Crippen LogP contribution is 2.32. The molecule has 1 atom stereocenters. The number of ketones is 1. The third-order valence-corrected chi connectivity index (χ3v) is 3.62. The van der Waals surface area contributed by atoms with Crippen molar-refractivity contribution >= 4 is 34.9 Å². The lowest BCUT2D eigenvalue weighted by Crippen LogP contribution is -2.27. The molecule has 0 aliphatic carbocycles. The van der Waals surface area contributed by atoms with Gasteiger partial charge in [-0.1, -0.05) is 0 Å². The summed E-state index contributed by atoms with van der Waals surface area (Å²) in [7, 11) is 0. The molecule has 0 aliphatic heterocycles. The monoisotopic (exact) mass is 389 g/mol. The number of phenolic OH excluding ortho intramolecular Hbond substituents is 1. The predicted molar refractivity (Wildman–Crippen MR) is 101 cm³/mol. The lowest BCUT2D eigenvalue weighted by atomic mass is 10.0. The molecule has 0 bridgehead atoms. The fourth-order valence-electron chi connectivity index (χ4n) is 2.37. The van der Waals surface area contributed by atoms with Crippen LogP contribution in [-0.4, -0.2) is 39.5 Å². The first-order valence-electron chi connectivity index (χ1n) is 8.21. The summed E-state index contributed by atoms with van der Waals surface area (Å²) < 4.78 is 4.73. The second-order valence-corrected chi connectivity index (χ2v) is 5.67. The van der Waals surface area contributed by atoms with E-state index in [0.29, 0.717) is 5.56 Å². The lowest BCUT2D eigenvalue weighted by molar-refractivity contribution is -0.383. The molecule has 0 saturated heterocycles. The van der Waals surface area contributed by atoms with Crippen molar-refractivity contribution < 1.29 is 24.4 Å². The van der Waals surface area contributed by atoms with Crippen LogP contribution in [0.1, 0.15) is 24.2 Å². The van der Waals surface area contributed by atoms with Gasteiger partial charge in [0.1, 0.15) is 17.3 Å². The van der Waals surface area contributed by atoms with E-state index in [1.54, 1.807) is 6.92 Å². The summed E-state index contributed by atoms with van der Waals surface area (Å²) in [5, 5.41) is 25.7. The SMILES string of the molecule is CCOC(=O)Nc1cc(N[C@H](C)C(=O)c2ccc(O)cc2)c([N+](=O)[O-])c(N)n1. The molecule has 28 heavy (non-hydrogen) atoms. The molecular weight excluding hydrogens is 370 g/mol. The minimum absolute atomic E-state index is 0.00406. The molecule has 2 aromatic rings. The average Bonchev–Trinajstić information content (AvgIpc) is 2.61. The maximum atomic E-state index is 12.5. The van der Waals surface area contributed by atoms with E-state index >= 15 is 0 Å². The van der Waals surface area contributed by atoms with Crippen LogP contribution in [0.4, 0.5) is 27.8 Å². The topological polar surface area (TPSA) is 170 Å². The number of hydrogen-bond acceptors (Lipinski definition) is 9. The molecule has 1 aromatic carbocycles. The number of hydrogen-bond donors (Lipinski definition) is 4. The quantitative estimate of drug-likeness (QED) is 0.315. The minimum Gasteiger partial charge on any atom is -0.508 e. The molecule has 0 fully saturated rings. The highest BCUT2D eigenvalue weighted by atomic mass is 16.6. The number of amides is 1. The van der Waals surface area contributed by atoms with Crippen LogP contribution in [0, 0.1) is 10.1 Å². The molecule has 1 amide bonds. The highest BCUT2D eigenvalue weighted by Gasteiger charge is 2.25. The van der Waals surface area contributed by atoms with Gasteiger partial charge < -0.3 is 20.9 Å². The Balaban J connectivity index is 2.31. The Labute approximate surface area is 159 Å². The normalized spacial score (nSPS) is 11.4. The van der Waals surface area contributed by atoms with Crippen molar-refractivity contribution in [3.8, 4) is 5.75 Å². The number of carbonyl (C=O) groups is 2. The zero-order chi connectivity index (χ0) is 20.8. The Morgan fingerprint density at radius 1 is 1.36 bits per heavy atom. The van der Waals surface area contributed by atoms with E-state index in [2.05, 4.69) is 15.6 Å². The smallest absolute Gasteiger partial charge is 0.412 e. The first kappa shape index (κ1) is 20.4. The first-order valence-corrected chi connectivity index (χ1v) is 8.21. The van der Waals surface area contributed by atoms with Crippen molar-refractivity contribution in [2.75, 3.05) is 23.0 Å². The number of aromatic nitrogens is 1. The van der Waals surface area contributed by atoms with E-state index < -0.39 is 28.6 Å². The Bertz CT molecular complexity index is 900. The summed E-state index contributed by atoms with van der Waals surface area (Å²) in [5.74, 6) is -0.881. The lowest BCUT2D eigenvalue weighted by Gasteiger charge is -2.16. The van der Waals surface area contributed by atoms with Gasteiger partial charge >= 0.3 is 11.8 Å².